The number of piperidine rings is 1. The molecule has 1 aromatic carbocycles. The quantitative estimate of drug-likeness (QED) is 0.743. The summed E-state index contributed by atoms with van der Waals surface area (Å²) in [6.45, 7) is 2.11. The number of nitrogens with zero attached hydrogens (tertiary/aromatic N) is 4. The number of rotatable bonds is 3. The van der Waals surface area contributed by atoms with Crippen molar-refractivity contribution in [3.8, 4) is 0 Å². The van der Waals surface area contributed by atoms with Gasteiger partial charge < -0.3 is 4.90 Å². The van der Waals surface area contributed by atoms with Crippen LogP contribution in [0.1, 0.15) is 18.4 Å². The van der Waals surface area contributed by atoms with E-state index in [0.717, 1.165) is 35.9 Å². The summed E-state index contributed by atoms with van der Waals surface area (Å²) in [5.41, 5.74) is 2.23. The van der Waals surface area contributed by atoms with Gasteiger partial charge in [0.15, 0.2) is 5.65 Å². The highest BCUT2D eigenvalue weighted by Crippen LogP contribution is 2.28. The second-order valence-corrected chi connectivity index (χ2v) is 6.19. The Balaban J connectivity index is 1.47. The van der Waals surface area contributed by atoms with Gasteiger partial charge in [-0.2, -0.15) is 0 Å². The molecule has 116 valence electrons. The van der Waals surface area contributed by atoms with E-state index >= 15 is 0 Å². The molecule has 0 spiro atoms. The number of anilines is 1. The summed E-state index contributed by atoms with van der Waals surface area (Å²) < 4.78 is 0. The molecule has 4 rings (SSSR count). The molecule has 1 aliphatic heterocycles. The van der Waals surface area contributed by atoms with Crippen molar-refractivity contribution in [1.82, 2.24) is 15.0 Å². The Labute approximate surface area is 136 Å². The Morgan fingerprint density at radius 1 is 0.913 bits per heavy atom. The molecule has 1 saturated heterocycles. The average molecular weight is 304 g/mol. The molecule has 0 N–H and O–H groups in total. The maximum absolute atomic E-state index is 4.51. The predicted octanol–water partition coefficient (Wildman–Crippen LogP) is 3.48. The fraction of sp³-hybridized carbons (Fsp3) is 0.316. The van der Waals surface area contributed by atoms with Crippen molar-refractivity contribution in [1.29, 1.82) is 0 Å². The van der Waals surface area contributed by atoms with E-state index in [-0.39, 0.29) is 0 Å². The second-order valence-electron chi connectivity index (χ2n) is 6.19. The molecular weight excluding hydrogens is 284 g/mol. The number of hydrogen-bond donors (Lipinski definition) is 0. The van der Waals surface area contributed by atoms with Crippen LogP contribution in [0, 0.1) is 5.92 Å². The maximum atomic E-state index is 4.51. The van der Waals surface area contributed by atoms with Gasteiger partial charge in [-0.05, 0) is 42.9 Å². The molecule has 0 bridgehead atoms. The molecule has 2 aromatic heterocycles. The minimum absolute atomic E-state index is 0.764. The van der Waals surface area contributed by atoms with Crippen molar-refractivity contribution in [2.24, 2.45) is 5.92 Å². The fourth-order valence-electron chi connectivity index (χ4n) is 3.43. The van der Waals surface area contributed by atoms with Crippen molar-refractivity contribution < 1.29 is 0 Å². The van der Waals surface area contributed by atoms with Crippen molar-refractivity contribution in [3.05, 3.63) is 60.6 Å². The van der Waals surface area contributed by atoms with Crippen LogP contribution in [0.25, 0.3) is 11.0 Å². The molecule has 1 aliphatic rings. The highest BCUT2D eigenvalue weighted by molar-refractivity contribution is 5.86. The topological polar surface area (TPSA) is 41.9 Å². The third-order valence-electron chi connectivity index (χ3n) is 4.67. The molecule has 4 nitrogen and oxygen atoms in total. The van der Waals surface area contributed by atoms with Crippen LogP contribution >= 0.6 is 0 Å². The molecule has 3 aromatic rings. The van der Waals surface area contributed by atoms with Gasteiger partial charge in [-0.3, -0.25) is 0 Å². The van der Waals surface area contributed by atoms with Crippen LogP contribution in [0.15, 0.2) is 55.0 Å². The Hall–Kier alpha value is -2.49. The molecule has 0 radical (unpaired) electrons. The maximum Gasteiger partial charge on any atom is 0.164 e. The largest absolute Gasteiger partial charge is 0.356 e. The number of aromatic nitrogens is 3. The van der Waals surface area contributed by atoms with Crippen LogP contribution in [-0.2, 0) is 6.42 Å². The van der Waals surface area contributed by atoms with Gasteiger partial charge in [0.1, 0.15) is 12.1 Å². The zero-order valence-corrected chi connectivity index (χ0v) is 13.1. The first-order valence-electron chi connectivity index (χ1n) is 8.25. The predicted molar refractivity (Wildman–Crippen MR) is 92.4 cm³/mol. The first-order valence-corrected chi connectivity index (χ1v) is 8.25. The van der Waals surface area contributed by atoms with E-state index in [0.29, 0.717) is 0 Å². The molecule has 4 heteroatoms. The van der Waals surface area contributed by atoms with Crippen molar-refractivity contribution in [3.63, 3.8) is 0 Å². The van der Waals surface area contributed by atoms with Gasteiger partial charge in [0.2, 0.25) is 0 Å². The van der Waals surface area contributed by atoms with Crippen LogP contribution in [0.3, 0.4) is 0 Å². The van der Waals surface area contributed by atoms with Crippen LogP contribution in [0.5, 0.6) is 0 Å². The minimum atomic E-state index is 0.764. The Morgan fingerprint density at radius 2 is 1.74 bits per heavy atom. The third-order valence-corrected chi connectivity index (χ3v) is 4.67. The van der Waals surface area contributed by atoms with Gasteiger partial charge in [0.25, 0.3) is 0 Å². The fourth-order valence-corrected chi connectivity index (χ4v) is 3.43. The Kier molecular flexibility index (Phi) is 3.88. The summed E-state index contributed by atoms with van der Waals surface area (Å²) in [5.74, 6) is 1.79. The lowest BCUT2D eigenvalue weighted by Crippen LogP contribution is -2.35. The van der Waals surface area contributed by atoms with E-state index in [2.05, 4.69) is 56.3 Å². The summed E-state index contributed by atoms with van der Waals surface area (Å²) >= 11 is 0. The average Bonchev–Trinajstić information content (AvgIpc) is 2.63. The van der Waals surface area contributed by atoms with Gasteiger partial charge in [0.05, 0.1) is 5.39 Å². The van der Waals surface area contributed by atoms with Crippen molar-refractivity contribution in [2.75, 3.05) is 18.0 Å². The number of fused-ring (bicyclic) bond motifs is 1. The van der Waals surface area contributed by atoms with E-state index < -0.39 is 0 Å². The summed E-state index contributed by atoms with van der Waals surface area (Å²) in [6, 6.07) is 14.8. The molecule has 0 amide bonds. The molecule has 0 aliphatic carbocycles. The normalized spacial score (nSPS) is 15.9. The Bertz CT molecular complexity index is 774. The van der Waals surface area contributed by atoms with E-state index in [1.54, 1.807) is 12.5 Å². The highest BCUT2D eigenvalue weighted by atomic mass is 15.2. The van der Waals surface area contributed by atoms with E-state index in [1.807, 2.05) is 6.07 Å². The van der Waals surface area contributed by atoms with Crippen molar-refractivity contribution >= 4 is 16.9 Å². The summed E-state index contributed by atoms with van der Waals surface area (Å²) in [6.07, 6.45) is 7.01. The second kappa shape index (κ2) is 6.32. The van der Waals surface area contributed by atoms with Gasteiger partial charge >= 0.3 is 0 Å². The monoisotopic (exact) mass is 304 g/mol. The Morgan fingerprint density at radius 3 is 2.57 bits per heavy atom. The molecule has 0 atom stereocenters. The van der Waals surface area contributed by atoms with Gasteiger partial charge in [-0.1, -0.05) is 30.3 Å². The van der Waals surface area contributed by atoms with E-state index in [4.69, 9.17) is 0 Å². The number of pyridine rings is 1. The first kappa shape index (κ1) is 14.1. The molecule has 3 heterocycles. The van der Waals surface area contributed by atoms with Crippen LogP contribution in [0.4, 0.5) is 5.82 Å². The lowest BCUT2D eigenvalue weighted by Gasteiger charge is -2.33. The first-order chi connectivity index (χ1) is 11.4. The van der Waals surface area contributed by atoms with E-state index in [9.17, 15) is 0 Å². The van der Waals surface area contributed by atoms with Gasteiger partial charge in [-0.15, -0.1) is 0 Å². The van der Waals surface area contributed by atoms with Gasteiger partial charge in [0, 0.05) is 19.3 Å². The lowest BCUT2D eigenvalue weighted by molar-refractivity contribution is 0.402. The molecule has 0 saturated carbocycles. The summed E-state index contributed by atoms with van der Waals surface area (Å²) in [5, 5.41) is 1.05. The van der Waals surface area contributed by atoms with Gasteiger partial charge in [-0.25, -0.2) is 15.0 Å². The van der Waals surface area contributed by atoms with Crippen LogP contribution in [0.2, 0.25) is 0 Å². The zero-order valence-electron chi connectivity index (χ0n) is 13.1. The smallest absolute Gasteiger partial charge is 0.164 e. The molecule has 0 unspecified atom stereocenters. The summed E-state index contributed by atoms with van der Waals surface area (Å²) in [4.78, 5) is 15.5. The van der Waals surface area contributed by atoms with E-state index in [1.165, 1.54) is 24.8 Å². The number of benzene rings is 1. The van der Waals surface area contributed by atoms with Crippen LogP contribution in [-0.4, -0.2) is 28.0 Å². The van der Waals surface area contributed by atoms with Crippen LogP contribution < -0.4 is 4.90 Å². The molecular formula is C19H20N4. The zero-order chi connectivity index (χ0) is 15.5. The lowest BCUT2D eigenvalue weighted by atomic mass is 9.90. The molecule has 23 heavy (non-hydrogen) atoms. The standard InChI is InChI=1S/C19H20N4/c1-2-5-15(6-3-1)13-16-8-11-23(12-9-16)19-17-7-4-10-20-18(17)21-14-22-19/h1-7,10,14,16H,8-9,11-13H2. The summed E-state index contributed by atoms with van der Waals surface area (Å²) in [7, 11) is 0. The molecule has 1 fully saturated rings. The minimum Gasteiger partial charge on any atom is -0.356 e. The SMILES string of the molecule is c1ccc(CC2CCN(c3ncnc4ncccc34)CC2)cc1. The third kappa shape index (κ3) is 3.02. The number of hydrogen-bond acceptors (Lipinski definition) is 4. The highest BCUT2D eigenvalue weighted by Gasteiger charge is 2.21. The van der Waals surface area contributed by atoms with Crippen molar-refractivity contribution in [2.45, 2.75) is 19.3 Å².